The first-order valence-corrected chi connectivity index (χ1v) is 18.5. The summed E-state index contributed by atoms with van der Waals surface area (Å²) in [4.78, 5) is 20.2. The molecule has 0 fully saturated rings. The standard InChI is InChI=1S/C50H37N5/c1-31-15-22-42(32(2)52-31)40-26-39(38-21-23-43-44-25-33(30-51)16-24-45(44)50(3,4)46(43)29-38)27-41(28-40)49-54-47(36-13-9-6-10-14-36)53-48(55-49)37-19-17-35(18-20-37)34-11-7-5-8-12-34/h5-29H,1-4H3. The summed E-state index contributed by atoms with van der Waals surface area (Å²) < 4.78 is 0. The van der Waals surface area contributed by atoms with E-state index in [4.69, 9.17) is 19.9 Å². The highest BCUT2D eigenvalue weighted by atomic mass is 15.0. The monoisotopic (exact) mass is 707 g/mol. The van der Waals surface area contributed by atoms with Crippen LogP contribution in [0.5, 0.6) is 0 Å². The van der Waals surface area contributed by atoms with Crippen molar-refractivity contribution in [2.45, 2.75) is 33.1 Å². The van der Waals surface area contributed by atoms with Crippen molar-refractivity contribution < 1.29 is 0 Å². The molecule has 1 aliphatic rings. The molecule has 0 radical (unpaired) electrons. The highest BCUT2D eigenvalue weighted by molar-refractivity contribution is 5.87. The van der Waals surface area contributed by atoms with Gasteiger partial charge in [-0.05, 0) is 106 Å². The van der Waals surface area contributed by atoms with Crippen molar-refractivity contribution in [1.82, 2.24) is 19.9 Å². The Kier molecular flexibility index (Phi) is 8.25. The summed E-state index contributed by atoms with van der Waals surface area (Å²) in [5.41, 5.74) is 16.4. The SMILES string of the molecule is Cc1ccc(-c2cc(-c3ccc4c(c3)C(C)(C)c3ccc(C#N)cc3-4)cc(-c3nc(-c4ccccc4)nc(-c4ccc(-c5ccccc5)cc4)n3)c2)c(C)n1. The van der Waals surface area contributed by atoms with E-state index in [1.807, 2.05) is 55.5 Å². The van der Waals surface area contributed by atoms with Crippen LogP contribution < -0.4 is 0 Å². The summed E-state index contributed by atoms with van der Waals surface area (Å²) in [5.74, 6) is 1.81. The molecule has 0 saturated carbocycles. The molecule has 0 amide bonds. The lowest BCUT2D eigenvalue weighted by Gasteiger charge is -2.22. The van der Waals surface area contributed by atoms with Crippen LogP contribution in [0.25, 0.3) is 78.7 Å². The van der Waals surface area contributed by atoms with Crippen molar-refractivity contribution in [1.29, 1.82) is 5.26 Å². The van der Waals surface area contributed by atoms with Crippen LogP contribution in [0.1, 0.15) is 41.9 Å². The van der Waals surface area contributed by atoms with Crippen LogP contribution in [0.15, 0.2) is 152 Å². The molecular formula is C50H37N5. The molecule has 1 aliphatic carbocycles. The number of aromatic nitrogens is 4. The predicted molar refractivity (Wildman–Crippen MR) is 222 cm³/mol. The van der Waals surface area contributed by atoms with Gasteiger partial charge in [0, 0.05) is 39.1 Å². The Bertz CT molecular complexity index is 2800. The Balaban J connectivity index is 1.22. The van der Waals surface area contributed by atoms with Crippen LogP contribution in [-0.4, -0.2) is 19.9 Å². The molecule has 262 valence electrons. The van der Waals surface area contributed by atoms with Crippen molar-refractivity contribution in [3.63, 3.8) is 0 Å². The van der Waals surface area contributed by atoms with Crippen molar-refractivity contribution in [3.05, 3.63) is 180 Å². The van der Waals surface area contributed by atoms with Gasteiger partial charge in [-0.25, -0.2) is 15.0 Å². The minimum Gasteiger partial charge on any atom is -0.258 e. The maximum absolute atomic E-state index is 9.66. The molecule has 2 heterocycles. The Hall–Kier alpha value is -7.03. The molecular weight excluding hydrogens is 671 g/mol. The van der Waals surface area contributed by atoms with Gasteiger partial charge in [0.15, 0.2) is 17.5 Å². The van der Waals surface area contributed by atoms with Gasteiger partial charge in [0.25, 0.3) is 0 Å². The average Bonchev–Trinajstić information content (AvgIpc) is 3.45. The molecule has 55 heavy (non-hydrogen) atoms. The maximum Gasteiger partial charge on any atom is 0.164 e. The number of rotatable bonds is 6. The second-order valence-corrected chi connectivity index (χ2v) is 14.8. The molecule has 0 bridgehead atoms. The zero-order valence-electron chi connectivity index (χ0n) is 31.2. The van der Waals surface area contributed by atoms with Crippen molar-refractivity contribution >= 4 is 0 Å². The van der Waals surface area contributed by atoms with Gasteiger partial charge in [0.1, 0.15) is 0 Å². The van der Waals surface area contributed by atoms with Crippen LogP contribution in [0.4, 0.5) is 0 Å². The third-order valence-electron chi connectivity index (χ3n) is 10.8. The molecule has 9 rings (SSSR count). The predicted octanol–water partition coefficient (Wildman–Crippen LogP) is 12.1. The number of aryl methyl sites for hydroxylation is 2. The number of pyridine rings is 1. The summed E-state index contributed by atoms with van der Waals surface area (Å²) in [6.45, 7) is 8.61. The van der Waals surface area contributed by atoms with E-state index in [1.54, 1.807) is 0 Å². The normalized spacial score (nSPS) is 12.5. The van der Waals surface area contributed by atoms with Crippen LogP contribution in [-0.2, 0) is 5.41 Å². The van der Waals surface area contributed by atoms with E-state index in [-0.39, 0.29) is 5.41 Å². The van der Waals surface area contributed by atoms with Gasteiger partial charge in [-0.2, -0.15) is 5.26 Å². The van der Waals surface area contributed by atoms with Gasteiger partial charge in [0.2, 0.25) is 0 Å². The van der Waals surface area contributed by atoms with Gasteiger partial charge >= 0.3 is 0 Å². The van der Waals surface area contributed by atoms with Gasteiger partial charge < -0.3 is 0 Å². The summed E-state index contributed by atoms with van der Waals surface area (Å²) in [6, 6.07) is 54.8. The van der Waals surface area contributed by atoms with E-state index in [0.717, 1.165) is 67.0 Å². The van der Waals surface area contributed by atoms with Crippen LogP contribution in [0.3, 0.4) is 0 Å². The van der Waals surface area contributed by atoms with E-state index < -0.39 is 0 Å². The molecule has 0 unspecified atom stereocenters. The fourth-order valence-electron chi connectivity index (χ4n) is 7.87. The van der Waals surface area contributed by atoms with Gasteiger partial charge in [0.05, 0.1) is 11.6 Å². The van der Waals surface area contributed by atoms with E-state index in [0.29, 0.717) is 23.0 Å². The molecule has 5 heteroatoms. The summed E-state index contributed by atoms with van der Waals surface area (Å²) >= 11 is 0. The zero-order chi connectivity index (χ0) is 37.7. The van der Waals surface area contributed by atoms with Crippen molar-refractivity contribution in [2.24, 2.45) is 0 Å². The molecule has 0 N–H and O–H groups in total. The number of nitriles is 1. The van der Waals surface area contributed by atoms with Crippen LogP contribution >= 0.6 is 0 Å². The Labute approximate surface area is 321 Å². The highest BCUT2D eigenvalue weighted by Gasteiger charge is 2.35. The fourth-order valence-corrected chi connectivity index (χ4v) is 7.87. The lowest BCUT2D eigenvalue weighted by molar-refractivity contribution is 0.660. The fraction of sp³-hybridized carbons (Fsp3) is 0.100. The molecule has 0 atom stereocenters. The largest absolute Gasteiger partial charge is 0.258 e. The minimum atomic E-state index is -0.226. The van der Waals surface area contributed by atoms with E-state index >= 15 is 0 Å². The van der Waals surface area contributed by atoms with Gasteiger partial charge in [-0.1, -0.05) is 123 Å². The van der Waals surface area contributed by atoms with Crippen molar-refractivity contribution in [2.75, 3.05) is 0 Å². The van der Waals surface area contributed by atoms with Crippen LogP contribution in [0, 0.1) is 25.2 Å². The molecule has 2 aromatic heterocycles. The summed E-state index contributed by atoms with van der Waals surface area (Å²) in [7, 11) is 0. The Morgan fingerprint density at radius 3 is 1.64 bits per heavy atom. The van der Waals surface area contributed by atoms with E-state index in [1.165, 1.54) is 16.7 Å². The van der Waals surface area contributed by atoms with Crippen molar-refractivity contribution in [3.8, 4) is 84.7 Å². The number of hydrogen-bond donors (Lipinski definition) is 0. The topological polar surface area (TPSA) is 75.3 Å². The molecule has 6 aromatic carbocycles. The highest BCUT2D eigenvalue weighted by Crippen LogP contribution is 2.50. The third-order valence-corrected chi connectivity index (χ3v) is 10.8. The number of fused-ring (bicyclic) bond motifs is 3. The Morgan fingerprint density at radius 2 is 0.964 bits per heavy atom. The summed E-state index contributed by atoms with van der Waals surface area (Å²) in [6.07, 6.45) is 0. The molecule has 0 aliphatic heterocycles. The third kappa shape index (κ3) is 6.18. The first-order chi connectivity index (χ1) is 26.7. The first kappa shape index (κ1) is 33.8. The maximum atomic E-state index is 9.66. The van der Waals surface area contributed by atoms with E-state index in [2.05, 4.69) is 130 Å². The summed E-state index contributed by atoms with van der Waals surface area (Å²) in [5, 5.41) is 9.66. The number of nitrogens with zero attached hydrogens (tertiary/aromatic N) is 5. The van der Waals surface area contributed by atoms with Crippen LogP contribution in [0.2, 0.25) is 0 Å². The first-order valence-electron chi connectivity index (χ1n) is 18.5. The van der Waals surface area contributed by atoms with Gasteiger partial charge in [-0.3, -0.25) is 4.98 Å². The quantitative estimate of drug-likeness (QED) is 0.172. The Morgan fingerprint density at radius 1 is 0.418 bits per heavy atom. The lowest BCUT2D eigenvalue weighted by Crippen LogP contribution is -2.15. The smallest absolute Gasteiger partial charge is 0.164 e. The van der Waals surface area contributed by atoms with E-state index in [9.17, 15) is 5.26 Å². The van der Waals surface area contributed by atoms with Gasteiger partial charge in [-0.15, -0.1) is 0 Å². The zero-order valence-corrected chi connectivity index (χ0v) is 31.2. The second-order valence-electron chi connectivity index (χ2n) is 14.8. The lowest BCUT2D eigenvalue weighted by atomic mass is 9.81. The molecule has 0 saturated heterocycles. The second kappa shape index (κ2) is 13.4. The minimum absolute atomic E-state index is 0.226. The number of benzene rings is 6. The molecule has 5 nitrogen and oxygen atoms in total. The average molecular weight is 708 g/mol. The molecule has 0 spiro atoms. The molecule has 8 aromatic rings. The number of hydrogen-bond acceptors (Lipinski definition) is 5.